The molecule has 0 heterocycles. The van der Waals surface area contributed by atoms with Gasteiger partial charge < -0.3 is 5.73 Å². The molecule has 16 heavy (non-hydrogen) atoms. The summed E-state index contributed by atoms with van der Waals surface area (Å²) in [5, 5.41) is 0. The van der Waals surface area contributed by atoms with Crippen LogP contribution in [0.1, 0.15) is 12.0 Å². The van der Waals surface area contributed by atoms with Gasteiger partial charge in [-0.1, -0.05) is 42.5 Å². The van der Waals surface area contributed by atoms with E-state index >= 15 is 0 Å². The van der Waals surface area contributed by atoms with Crippen LogP contribution in [0.5, 0.6) is 0 Å². The van der Waals surface area contributed by atoms with Crippen LogP contribution in [-0.4, -0.2) is 20.0 Å². The molecule has 0 saturated carbocycles. The quantitative estimate of drug-likeness (QED) is 0.740. The molecule has 0 aliphatic rings. The van der Waals surface area contributed by atoms with Gasteiger partial charge in [0.15, 0.2) is 0 Å². The first-order valence-corrected chi connectivity index (χ1v) is 6.85. The minimum Gasteiger partial charge on any atom is -0.393 e. The zero-order valence-corrected chi connectivity index (χ0v) is 10.4. The molecule has 0 spiro atoms. The Labute approximate surface area is 101 Å². The van der Waals surface area contributed by atoms with Crippen molar-refractivity contribution in [1.29, 1.82) is 0 Å². The molecule has 1 rings (SSSR count). The van der Waals surface area contributed by atoms with Gasteiger partial charge in [-0.25, -0.2) is 13.1 Å². The minimum atomic E-state index is -3.30. The van der Waals surface area contributed by atoms with Crippen LogP contribution in [0.4, 0.5) is 0 Å². The monoisotopic (exact) mass is 258 g/mol. The van der Waals surface area contributed by atoms with Crippen molar-refractivity contribution in [3.8, 4) is 0 Å². The van der Waals surface area contributed by atoms with Crippen molar-refractivity contribution in [3.05, 3.63) is 35.9 Å². The molecule has 0 radical (unpaired) electrons. The summed E-state index contributed by atoms with van der Waals surface area (Å²) in [6, 6.07) is 9.00. The third kappa shape index (κ3) is 5.20. The average Bonchev–Trinajstić information content (AvgIpc) is 2.17. The van der Waals surface area contributed by atoms with E-state index in [-0.39, 0.29) is 12.3 Å². The lowest BCUT2D eigenvalue weighted by Crippen LogP contribution is -2.28. The molecule has 0 fully saturated rings. The molecule has 0 aromatic heterocycles. The van der Waals surface area contributed by atoms with E-state index in [1.54, 1.807) is 24.3 Å². The van der Waals surface area contributed by atoms with Gasteiger partial charge in [0.2, 0.25) is 10.0 Å². The molecule has 0 bridgehead atoms. The van der Waals surface area contributed by atoms with Crippen LogP contribution in [-0.2, 0) is 15.8 Å². The number of benzene rings is 1. The zero-order valence-electron chi connectivity index (χ0n) is 8.72. The van der Waals surface area contributed by atoms with Crippen LogP contribution in [0.25, 0.3) is 0 Å². The first-order valence-electron chi connectivity index (χ1n) is 4.79. The predicted molar refractivity (Wildman–Crippen MR) is 68.5 cm³/mol. The summed E-state index contributed by atoms with van der Waals surface area (Å²) < 4.78 is 25.6. The van der Waals surface area contributed by atoms with Gasteiger partial charge in [-0.3, -0.25) is 0 Å². The lowest BCUT2D eigenvalue weighted by molar-refractivity contribution is 0.582. The van der Waals surface area contributed by atoms with Crippen molar-refractivity contribution in [3.63, 3.8) is 0 Å². The number of nitrogens with one attached hydrogen (secondary N) is 1. The minimum absolute atomic E-state index is 0.0226. The van der Waals surface area contributed by atoms with Crippen LogP contribution in [0.2, 0.25) is 0 Å². The standard InChI is InChI=1S/C10H14N2O2S2/c11-10(15)6-7-12-16(13,14)8-9-4-2-1-3-5-9/h1-5,12H,6-8H2,(H2,11,15). The zero-order chi connectivity index (χ0) is 12.0. The fourth-order valence-corrected chi connectivity index (χ4v) is 2.42. The maximum absolute atomic E-state index is 11.6. The topological polar surface area (TPSA) is 72.2 Å². The Bertz CT molecular complexity index is 443. The lowest BCUT2D eigenvalue weighted by atomic mass is 10.2. The predicted octanol–water partition coefficient (Wildman–Crippen LogP) is 0.782. The maximum atomic E-state index is 11.6. The molecular formula is C10H14N2O2S2. The molecule has 0 aliphatic heterocycles. The molecule has 6 heteroatoms. The molecule has 88 valence electrons. The van der Waals surface area contributed by atoms with E-state index in [1.165, 1.54) is 0 Å². The SMILES string of the molecule is NC(=S)CCNS(=O)(=O)Cc1ccccc1. The van der Waals surface area contributed by atoms with E-state index in [2.05, 4.69) is 16.9 Å². The summed E-state index contributed by atoms with van der Waals surface area (Å²) in [6.45, 7) is 0.254. The first kappa shape index (κ1) is 13.1. The van der Waals surface area contributed by atoms with Gasteiger partial charge >= 0.3 is 0 Å². The van der Waals surface area contributed by atoms with Crippen molar-refractivity contribution < 1.29 is 8.42 Å². The second-order valence-electron chi connectivity index (χ2n) is 3.36. The van der Waals surface area contributed by atoms with E-state index in [0.29, 0.717) is 11.4 Å². The molecule has 0 aliphatic carbocycles. The van der Waals surface area contributed by atoms with Crippen molar-refractivity contribution in [2.45, 2.75) is 12.2 Å². The second-order valence-corrected chi connectivity index (χ2v) is 5.69. The van der Waals surface area contributed by atoms with Gasteiger partial charge in [0, 0.05) is 13.0 Å². The summed E-state index contributed by atoms with van der Waals surface area (Å²) in [6.07, 6.45) is 0.378. The Morgan fingerprint density at radius 3 is 2.50 bits per heavy atom. The van der Waals surface area contributed by atoms with Crippen molar-refractivity contribution in [2.75, 3.05) is 6.54 Å². The Hall–Kier alpha value is -0.980. The molecule has 1 aromatic carbocycles. The van der Waals surface area contributed by atoms with E-state index in [4.69, 9.17) is 5.73 Å². The highest BCUT2D eigenvalue weighted by Crippen LogP contribution is 2.03. The molecule has 0 saturated heterocycles. The highest BCUT2D eigenvalue weighted by molar-refractivity contribution is 7.88. The van der Waals surface area contributed by atoms with Crippen molar-refractivity contribution >= 4 is 27.2 Å². The Balaban J connectivity index is 2.49. The molecule has 0 unspecified atom stereocenters. The van der Waals surface area contributed by atoms with Crippen LogP contribution >= 0.6 is 12.2 Å². The first-order chi connectivity index (χ1) is 7.49. The average molecular weight is 258 g/mol. The van der Waals surface area contributed by atoms with E-state index in [9.17, 15) is 8.42 Å². The van der Waals surface area contributed by atoms with Gasteiger partial charge in [-0.15, -0.1) is 0 Å². The second kappa shape index (κ2) is 5.93. The largest absolute Gasteiger partial charge is 0.393 e. The molecule has 0 atom stereocenters. The third-order valence-electron chi connectivity index (χ3n) is 1.89. The van der Waals surface area contributed by atoms with Crippen LogP contribution in [0.3, 0.4) is 0 Å². The number of sulfonamides is 1. The Morgan fingerprint density at radius 2 is 1.94 bits per heavy atom. The van der Waals surface area contributed by atoms with Crippen LogP contribution < -0.4 is 10.5 Å². The summed E-state index contributed by atoms with van der Waals surface area (Å²) in [4.78, 5) is 0.308. The summed E-state index contributed by atoms with van der Waals surface area (Å²) in [5.41, 5.74) is 6.03. The Kier molecular flexibility index (Phi) is 4.85. The fourth-order valence-electron chi connectivity index (χ4n) is 1.17. The van der Waals surface area contributed by atoms with Gasteiger partial charge in [-0.2, -0.15) is 0 Å². The van der Waals surface area contributed by atoms with Gasteiger partial charge in [0.1, 0.15) is 0 Å². The van der Waals surface area contributed by atoms with E-state index in [1.807, 2.05) is 6.07 Å². The van der Waals surface area contributed by atoms with Crippen molar-refractivity contribution in [2.24, 2.45) is 5.73 Å². The number of nitrogens with two attached hydrogens (primary N) is 1. The lowest BCUT2D eigenvalue weighted by Gasteiger charge is -2.05. The number of hydrogen-bond donors (Lipinski definition) is 2. The third-order valence-corrected chi connectivity index (χ3v) is 3.45. The van der Waals surface area contributed by atoms with Gasteiger partial charge in [-0.05, 0) is 5.56 Å². The number of rotatable bonds is 6. The Morgan fingerprint density at radius 1 is 1.31 bits per heavy atom. The molecular weight excluding hydrogens is 244 g/mol. The van der Waals surface area contributed by atoms with E-state index in [0.717, 1.165) is 5.56 Å². The summed E-state index contributed by atoms with van der Waals surface area (Å²) in [7, 11) is -3.30. The number of hydrogen-bond acceptors (Lipinski definition) is 3. The van der Waals surface area contributed by atoms with Gasteiger partial charge in [0.05, 0.1) is 10.7 Å². The summed E-state index contributed by atoms with van der Waals surface area (Å²) >= 11 is 4.66. The summed E-state index contributed by atoms with van der Waals surface area (Å²) in [5.74, 6) is -0.0226. The van der Waals surface area contributed by atoms with Crippen LogP contribution in [0.15, 0.2) is 30.3 Å². The van der Waals surface area contributed by atoms with Gasteiger partial charge in [0.25, 0.3) is 0 Å². The van der Waals surface area contributed by atoms with E-state index < -0.39 is 10.0 Å². The molecule has 3 N–H and O–H groups in total. The smallest absolute Gasteiger partial charge is 0.215 e. The van der Waals surface area contributed by atoms with Crippen molar-refractivity contribution in [1.82, 2.24) is 4.72 Å². The molecule has 4 nitrogen and oxygen atoms in total. The number of thiocarbonyl (C=S) groups is 1. The highest BCUT2D eigenvalue weighted by Gasteiger charge is 2.10. The highest BCUT2D eigenvalue weighted by atomic mass is 32.2. The molecule has 0 amide bonds. The maximum Gasteiger partial charge on any atom is 0.215 e. The van der Waals surface area contributed by atoms with Crippen LogP contribution in [0, 0.1) is 0 Å². The molecule has 1 aromatic rings. The normalized spacial score (nSPS) is 11.2. The fraction of sp³-hybridized carbons (Fsp3) is 0.300.